The lowest BCUT2D eigenvalue weighted by molar-refractivity contribution is 0.460. The van der Waals surface area contributed by atoms with Gasteiger partial charge in [0.1, 0.15) is 5.75 Å². The summed E-state index contributed by atoms with van der Waals surface area (Å²) in [4.78, 5) is 17.1. The second-order valence-corrected chi connectivity index (χ2v) is 6.06. The average Bonchev–Trinajstić information content (AvgIpc) is 2.68. The fourth-order valence-electron chi connectivity index (χ4n) is 2.69. The number of hydrogen-bond donors (Lipinski definition) is 2. The van der Waals surface area contributed by atoms with Crippen molar-refractivity contribution in [2.45, 2.75) is 13.5 Å². The molecule has 0 saturated carbocycles. The molecule has 27 heavy (non-hydrogen) atoms. The van der Waals surface area contributed by atoms with Gasteiger partial charge in [0.2, 0.25) is 5.88 Å². The number of pyridine rings is 2. The number of aryl methyl sites for hydroxylation is 1. The fraction of sp³-hybridized carbons (Fsp3) is 0.100. The third-order valence-corrected chi connectivity index (χ3v) is 4.00. The molecule has 0 aliphatic heterocycles. The molecule has 134 valence electrons. The zero-order chi connectivity index (χ0) is 18.6. The van der Waals surface area contributed by atoms with Gasteiger partial charge in [0.05, 0.1) is 11.7 Å². The summed E-state index contributed by atoms with van der Waals surface area (Å²) in [6.45, 7) is 2.45. The summed E-state index contributed by atoms with van der Waals surface area (Å²) < 4.78 is 5.75. The van der Waals surface area contributed by atoms with Gasteiger partial charge >= 0.3 is 0 Å². The van der Waals surface area contributed by atoms with E-state index in [0.717, 1.165) is 22.2 Å². The number of anilines is 2. The van der Waals surface area contributed by atoms with Crippen molar-refractivity contribution in [2.24, 2.45) is 0 Å². The number of hydrogen-bond acceptors (Lipinski definition) is 7. The lowest BCUT2D eigenvalue weighted by Crippen LogP contribution is -2.07. The summed E-state index contributed by atoms with van der Waals surface area (Å²) in [6, 6.07) is 13.6. The van der Waals surface area contributed by atoms with Crippen molar-refractivity contribution in [3.8, 4) is 11.6 Å². The van der Waals surface area contributed by atoms with Crippen LogP contribution < -0.4 is 15.8 Å². The van der Waals surface area contributed by atoms with E-state index >= 15 is 0 Å². The number of nitrogens with two attached hydrogens (primary N) is 1. The Hall–Kier alpha value is -3.74. The number of rotatable bonds is 5. The Morgan fingerprint density at radius 3 is 2.85 bits per heavy atom. The maximum Gasteiger partial charge on any atom is 0.239 e. The Balaban J connectivity index is 1.50. The van der Waals surface area contributed by atoms with Gasteiger partial charge in [-0.3, -0.25) is 9.97 Å². The minimum absolute atomic E-state index is 0.315. The Bertz CT molecular complexity index is 1100. The topological polar surface area (TPSA) is 98.8 Å². The van der Waals surface area contributed by atoms with Crippen LogP contribution in [0.2, 0.25) is 0 Å². The molecular weight excluding hydrogens is 340 g/mol. The van der Waals surface area contributed by atoms with Crippen LogP contribution in [0.3, 0.4) is 0 Å². The van der Waals surface area contributed by atoms with Gasteiger partial charge in [-0.25, -0.2) is 4.98 Å². The summed E-state index contributed by atoms with van der Waals surface area (Å²) in [5.41, 5.74) is 8.86. The van der Waals surface area contributed by atoms with Crippen molar-refractivity contribution in [1.29, 1.82) is 0 Å². The van der Waals surface area contributed by atoms with Gasteiger partial charge in [0.15, 0.2) is 11.6 Å². The highest BCUT2D eigenvalue weighted by atomic mass is 16.5. The van der Waals surface area contributed by atoms with Gasteiger partial charge in [-0.2, -0.15) is 4.98 Å². The first kappa shape index (κ1) is 16.7. The molecule has 0 unspecified atom stereocenters. The summed E-state index contributed by atoms with van der Waals surface area (Å²) in [5, 5.41) is 4.30. The molecule has 0 fully saturated rings. The van der Waals surface area contributed by atoms with E-state index in [-0.39, 0.29) is 0 Å². The predicted octanol–water partition coefficient (Wildman–Crippen LogP) is 3.71. The second kappa shape index (κ2) is 7.25. The molecule has 7 nitrogen and oxygen atoms in total. The first-order valence-electron chi connectivity index (χ1n) is 8.48. The van der Waals surface area contributed by atoms with E-state index in [9.17, 15) is 0 Å². The molecule has 0 atom stereocenters. The van der Waals surface area contributed by atoms with E-state index in [1.165, 1.54) is 6.20 Å². The molecule has 3 aromatic heterocycles. The van der Waals surface area contributed by atoms with Crippen molar-refractivity contribution in [3.63, 3.8) is 0 Å². The van der Waals surface area contributed by atoms with Gasteiger partial charge in [0.25, 0.3) is 0 Å². The van der Waals surface area contributed by atoms with Crippen molar-refractivity contribution in [2.75, 3.05) is 11.1 Å². The Morgan fingerprint density at radius 2 is 1.96 bits per heavy atom. The highest BCUT2D eigenvalue weighted by Gasteiger charge is 2.07. The second-order valence-electron chi connectivity index (χ2n) is 6.06. The lowest BCUT2D eigenvalue weighted by atomic mass is 10.1. The molecule has 0 saturated heterocycles. The highest BCUT2D eigenvalue weighted by molar-refractivity contribution is 5.79. The summed E-state index contributed by atoms with van der Waals surface area (Å²) in [7, 11) is 0. The molecule has 4 rings (SSSR count). The number of aromatic nitrogens is 4. The maximum atomic E-state index is 5.95. The first-order valence-corrected chi connectivity index (χ1v) is 8.48. The smallest absolute Gasteiger partial charge is 0.239 e. The van der Waals surface area contributed by atoms with E-state index in [4.69, 9.17) is 10.5 Å². The van der Waals surface area contributed by atoms with E-state index in [2.05, 4.69) is 31.3 Å². The summed E-state index contributed by atoms with van der Waals surface area (Å²) >= 11 is 0. The van der Waals surface area contributed by atoms with Crippen LogP contribution in [0.25, 0.3) is 10.9 Å². The number of fused-ring (bicyclic) bond motifs is 1. The third kappa shape index (κ3) is 3.92. The van der Waals surface area contributed by atoms with E-state index in [1.807, 2.05) is 37.3 Å². The molecule has 0 bridgehead atoms. The molecule has 3 N–H and O–H groups in total. The van der Waals surface area contributed by atoms with Gasteiger partial charge in [-0.05, 0) is 36.8 Å². The van der Waals surface area contributed by atoms with Crippen molar-refractivity contribution in [1.82, 2.24) is 19.9 Å². The van der Waals surface area contributed by atoms with Crippen molar-refractivity contribution < 1.29 is 4.74 Å². The highest BCUT2D eigenvalue weighted by Crippen LogP contribution is 2.23. The van der Waals surface area contributed by atoms with Crippen LogP contribution in [0.5, 0.6) is 11.6 Å². The van der Waals surface area contributed by atoms with Gasteiger partial charge in [-0.1, -0.05) is 12.1 Å². The minimum Gasteiger partial charge on any atom is -0.437 e. The van der Waals surface area contributed by atoms with Crippen LogP contribution in [0.15, 0.2) is 61.1 Å². The van der Waals surface area contributed by atoms with Gasteiger partial charge < -0.3 is 15.8 Å². The summed E-state index contributed by atoms with van der Waals surface area (Å²) in [6.07, 6.45) is 4.97. The fourth-order valence-corrected chi connectivity index (χ4v) is 2.69. The molecule has 0 spiro atoms. The lowest BCUT2D eigenvalue weighted by Gasteiger charge is -2.11. The van der Waals surface area contributed by atoms with Crippen LogP contribution in [-0.4, -0.2) is 19.9 Å². The molecule has 1 aromatic carbocycles. The molecule has 4 aromatic rings. The number of benzene rings is 1. The number of nitrogen functional groups attached to an aromatic ring is 1. The van der Waals surface area contributed by atoms with Gasteiger partial charge in [0, 0.05) is 36.1 Å². The normalized spacial score (nSPS) is 10.7. The zero-order valence-electron chi connectivity index (χ0n) is 14.8. The van der Waals surface area contributed by atoms with Gasteiger partial charge in [-0.15, -0.1) is 0 Å². The molecule has 3 heterocycles. The largest absolute Gasteiger partial charge is 0.437 e. The Labute approximate surface area is 156 Å². The first-order chi connectivity index (χ1) is 13.2. The summed E-state index contributed by atoms with van der Waals surface area (Å²) in [5.74, 6) is 1.80. The standard InChI is InChI=1S/C20H18N6O/c1-13-9-16(6-8-22-13)27-18-12-24-19(21)20(26-18)25-11-14-4-5-17-15(10-14)3-2-7-23-17/h2-10,12H,11H2,1H3,(H2,21,24)(H,25,26). The third-order valence-electron chi connectivity index (χ3n) is 4.00. The zero-order valence-corrected chi connectivity index (χ0v) is 14.8. The van der Waals surface area contributed by atoms with E-state index in [1.54, 1.807) is 18.5 Å². The van der Waals surface area contributed by atoms with Crippen LogP contribution in [0, 0.1) is 6.92 Å². The average molecular weight is 358 g/mol. The Morgan fingerprint density at radius 1 is 1.04 bits per heavy atom. The number of ether oxygens (including phenoxy) is 1. The van der Waals surface area contributed by atoms with E-state index in [0.29, 0.717) is 29.8 Å². The van der Waals surface area contributed by atoms with Crippen LogP contribution >= 0.6 is 0 Å². The quantitative estimate of drug-likeness (QED) is 0.561. The van der Waals surface area contributed by atoms with Crippen LogP contribution in [-0.2, 0) is 6.54 Å². The molecule has 0 amide bonds. The molecular formula is C20H18N6O. The molecule has 0 aliphatic rings. The molecule has 7 heteroatoms. The minimum atomic E-state index is 0.315. The van der Waals surface area contributed by atoms with Crippen molar-refractivity contribution >= 4 is 22.5 Å². The molecule has 0 radical (unpaired) electrons. The maximum absolute atomic E-state index is 5.95. The SMILES string of the molecule is Cc1cc(Oc2cnc(N)c(NCc3ccc4ncccc4c3)n2)ccn1. The molecule has 0 aliphatic carbocycles. The van der Waals surface area contributed by atoms with E-state index < -0.39 is 0 Å². The van der Waals surface area contributed by atoms with Crippen molar-refractivity contribution in [3.05, 3.63) is 72.3 Å². The van der Waals surface area contributed by atoms with Crippen LogP contribution in [0.1, 0.15) is 11.3 Å². The van der Waals surface area contributed by atoms with Crippen LogP contribution in [0.4, 0.5) is 11.6 Å². The monoisotopic (exact) mass is 358 g/mol. The number of nitrogens with one attached hydrogen (secondary N) is 1. The number of nitrogens with zero attached hydrogens (tertiary/aromatic N) is 4. The predicted molar refractivity (Wildman–Crippen MR) is 105 cm³/mol. The Kier molecular flexibility index (Phi) is 4.49.